The van der Waals surface area contributed by atoms with Crippen molar-refractivity contribution in [2.45, 2.75) is 13.3 Å². The van der Waals surface area contributed by atoms with E-state index in [0.717, 1.165) is 27.0 Å². The van der Waals surface area contributed by atoms with Crippen molar-refractivity contribution in [1.29, 1.82) is 0 Å². The number of aryl methyl sites for hydroxylation is 1. The molecule has 3 nitrogen and oxygen atoms in total. The molecule has 2 aromatic rings. The molecule has 0 bridgehead atoms. The van der Waals surface area contributed by atoms with Gasteiger partial charge in [-0.25, -0.2) is 0 Å². The van der Waals surface area contributed by atoms with Crippen molar-refractivity contribution < 1.29 is 0 Å². The summed E-state index contributed by atoms with van der Waals surface area (Å²) in [6.45, 7) is 2.71. The van der Waals surface area contributed by atoms with Gasteiger partial charge < -0.3 is 5.73 Å². The van der Waals surface area contributed by atoms with E-state index in [9.17, 15) is 0 Å². The molecule has 2 N–H and O–H groups in total. The molecule has 0 aliphatic carbocycles. The molecule has 0 fully saturated rings. The predicted molar refractivity (Wildman–Crippen MR) is 69.0 cm³/mol. The topological polar surface area (TPSA) is 43.8 Å². The maximum Gasteiger partial charge on any atom is 0.0935 e. The number of hydrogen-bond donors (Lipinski definition) is 1. The number of aromatic nitrogens is 2. The Hall–Kier alpha value is -0.840. The van der Waals surface area contributed by atoms with Gasteiger partial charge in [0.05, 0.1) is 20.6 Å². The summed E-state index contributed by atoms with van der Waals surface area (Å²) in [4.78, 5) is 1.15. The zero-order chi connectivity index (χ0) is 11.7. The molecule has 5 heteroatoms. The summed E-state index contributed by atoms with van der Waals surface area (Å²) in [7, 11) is 1.95. The lowest BCUT2D eigenvalue weighted by atomic mass is 10.1. The number of nitrogens with zero attached hydrogens (tertiary/aromatic N) is 2. The van der Waals surface area contributed by atoms with Crippen LogP contribution in [0.4, 0.5) is 0 Å². The first-order chi connectivity index (χ1) is 7.63. The number of rotatable bonds is 3. The minimum absolute atomic E-state index is 0.627. The van der Waals surface area contributed by atoms with Gasteiger partial charge in [-0.15, -0.1) is 11.3 Å². The molecule has 86 valence electrons. The van der Waals surface area contributed by atoms with Crippen LogP contribution in [-0.4, -0.2) is 16.3 Å². The van der Waals surface area contributed by atoms with Gasteiger partial charge in [0.25, 0.3) is 0 Å². The molecule has 0 saturated carbocycles. The van der Waals surface area contributed by atoms with E-state index in [1.165, 1.54) is 5.56 Å². The van der Waals surface area contributed by atoms with Gasteiger partial charge in [-0.2, -0.15) is 5.10 Å². The van der Waals surface area contributed by atoms with Gasteiger partial charge in [0.15, 0.2) is 0 Å². The third kappa shape index (κ3) is 2.00. The standard InChI is InChI=1S/C11H14ClN3S/c1-7-8(5-6-13)14-15(2)11(7)9-3-4-10(12)16-9/h3-4H,5-6,13H2,1-2H3. The third-order valence-electron chi connectivity index (χ3n) is 2.57. The first-order valence-electron chi connectivity index (χ1n) is 5.11. The maximum absolute atomic E-state index is 5.95. The summed E-state index contributed by atoms with van der Waals surface area (Å²) in [5, 5.41) is 4.49. The Labute approximate surface area is 104 Å². The molecular formula is C11H14ClN3S. The van der Waals surface area contributed by atoms with Gasteiger partial charge in [-0.1, -0.05) is 11.6 Å². The summed E-state index contributed by atoms with van der Waals surface area (Å²) in [5.41, 5.74) is 8.98. The zero-order valence-corrected chi connectivity index (χ0v) is 10.9. The Balaban J connectivity index is 2.48. The quantitative estimate of drug-likeness (QED) is 0.916. The van der Waals surface area contributed by atoms with Crippen molar-refractivity contribution in [3.63, 3.8) is 0 Å². The van der Waals surface area contributed by atoms with Crippen LogP contribution in [-0.2, 0) is 13.5 Å². The Kier molecular flexibility index (Phi) is 3.33. The molecule has 0 aliphatic rings. The van der Waals surface area contributed by atoms with E-state index in [1.54, 1.807) is 11.3 Å². The Morgan fingerprint density at radius 1 is 1.50 bits per heavy atom. The Morgan fingerprint density at radius 2 is 2.25 bits per heavy atom. The van der Waals surface area contributed by atoms with Crippen LogP contribution in [0.15, 0.2) is 12.1 Å². The predicted octanol–water partition coefficient (Wildman–Crippen LogP) is 2.61. The van der Waals surface area contributed by atoms with Crippen LogP contribution in [0.25, 0.3) is 10.6 Å². The van der Waals surface area contributed by atoms with E-state index < -0.39 is 0 Å². The lowest BCUT2D eigenvalue weighted by Crippen LogP contribution is -2.04. The van der Waals surface area contributed by atoms with Crippen molar-refractivity contribution in [3.05, 3.63) is 27.7 Å². The maximum atomic E-state index is 5.95. The summed E-state index contributed by atoms with van der Waals surface area (Å²) in [5.74, 6) is 0. The van der Waals surface area contributed by atoms with E-state index in [4.69, 9.17) is 17.3 Å². The van der Waals surface area contributed by atoms with Crippen molar-refractivity contribution in [1.82, 2.24) is 9.78 Å². The van der Waals surface area contributed by atoms with Crippen molar-refractivity contribution >= 4 is 22.9 Å². The molecule has 0 atom stereocenters. The zero-order valence-electron chi connectivity index (χ0n) is 9.33. The highest BCUT2D eigenvalue weighted by Gasteiger charge is 2.14. The van der Waals surface area contributed by atoms with Crippen molar-refractivity contribution in [2.24, 2.45) is 12.8 Å². The molecule has 0 aliphatic heterocycles. The summed E-state index contributed by atoms with van der Waals surface area (Å²) in [6, 6.07) is 3.94. The summed E-state index contributed by atoms with van der Waals surface area (Å²) in [6.07, 6.45) is 0.818. The molecule has 2 rings (SSSR count). The second-order valence-electron chi connectivity index (χ2n) is 3.69. The van der Waals surface area contributed by atoms with Crippen LogP contribution in [0.3, 0.4) is 0 Å². The van der Waals surface area contributed by atoms with Gasteiger partial charge in [-0.05, 0) is 31.2 Å². The smallest absolute Gasteiger partial charge is 0.0935 e. The van der Waals surface area contributed by atoms with Crippen LogP contribution < -0.4 is 5.73 Å². The van der Waals surface area contributed by atoms with E-state index in [2.05, 4.69) is 12.0 Å². The Morgan fingerprint density at radius 3 is 2.81 bits per heavy atom. The monoisotopic (exact) mass is 255 g/mol. The van der Waals surface area contributed by atoms with Crippen LogP contribution >= 0.6 is 22.9 Å². The van der Waals surface area contributed by atoms with Gasteiger partial charge in [0.1, 0.15) is 0 Å². The van der Waals surface area contributed by atoms with E-state index in [1.807, 2.05) is 23.9 Å². The van der Waals surface area contributed by atoms with E-state index >= 15 is 0 Å². The highest BCUT2D eigenvalue weighted by atomic mass is 35.5. The minimum Gasteiger partial charge on any atom is -0.330 e. The number of thiophene rings is 1. The molecule has 0 amide bonds. The average Bonchev–Trinajstić information content (AvgIpc) is 2.74. The van der Waals surface area contributed by atoms with Gasteiger partial charge in [0, 0.05) is 13.5 Å². The second kappa shape index (κ2) is 4.57. The summed E-state index contributed by atoms with van der Waals surface area (Å²) < 4.78 is 2.71. The number of halogens is 1. The third-order valence-corrected chi connectivity index (χ3v) is 3.81. The normalized spacial score (nSPS) is 11.0. The number of hydrogen-bond acceptors (Lipinski definition) is 3. The fraction of sp³-hybridized carbons (Fsp3) is 0.364. The van der Waals surface area contributed by atoms with Gasteiger partial charge in [-0.3, -0.25) is 4.68 Å². The second-order valence-corrected chi connectivity index (χ2v) is 5.40. The average molecular weight is 256 g/mol. The largest absolute Gasteiger partial charge is 0.330 e. The fourth-order valence-electron chi connectivity index (χ4n) is 1.85. The van der Waals surface area contributed by atoms with Crippen molar-refractivity contribution in [2.75, 3.05) is 6.54 Å². The van der Waals surface area contributed by atoms with Crippen LogP contribution in [0.2, 0.25) is 4.34 Å². The minimum atomic E-state index is 0.627. The van der Waals surface area contributed by atoms with E-state index in [-0.39, 0.29) is 0 Å². The van der Waals surface area contributed by atoms with Gasteiger partial charge >= 0.3 is 0 Å². The highest BCUT2D eigenvalue weighted by molar-refractivity contribution is 7.19. The fourth-order valence-corrected chi connectivity index (χ4v) is 3.02. The van der Waals surface area contributed by atoms with Crippen LogP contribution in [0.1, 0.15) is 11.3 Å². The molecule has 16 heavy (non-hydrogen) atoms. The SMILES string of the molecule is Cc1c(CCN)nn(C)c1-c1ccc(Cl)s1. The molecule has 0 saturated heterocycles. The van der Waals surface area contributed by atoms with Crippen molar-refractivity contribution in [3.8, 4) is 10.6 Å². The molecule has 0 unspecified atom stereocenters. The molecule has 0 spiro atoms. The Bertz CT molecular complexity index is 501. The van der Waals surface area contributed by atoms with E-state index in [0.29, 0.717) is 6.54 Å². The van der Waals surface area contributed by atoms with Gasteiger partial charge in [0.2, 0.25) is 0 Å². The van der Waals surface area contributed by atoms with Crippen LogP contribution in [0.5, 0.6) is 0 Å². The number of nitrogens with two attached hydrogens (primary N) is 1. The lowest BCUT2D eigenvalue weighted by Gasteiger charge is -1.99. The molecular weight excluding hydrogens is 242 g/mol. The summed E-state index contributed by atoms with van der Waals surface area (Å²) >= 11 is 7.53. The first-order valence-corrected chi connectivity index (χ1v) is 6.31. The molecule has 2 aromatic heterocycles. The lowest BCUT2D eigenvalue weighted by molar-refractivity contribution is 0.746. The molecule has 0 aromatic carbocycles. The molecule has 0 radical (unpaired) electrons. The first kappa shape index (κ1) is 11.6. The molecule has 2 heterocycles. The highest BCUT2D eigenvalue weighted by Crippen LogP contribution is 2.33. The van der Waals surface area contributed by atoms with Crippen LogP contribution in [0, 0.1) is 6.92 Å².